The average Bonchev–Trinajstić information content (AvgIpc) is 2.98. The van der Waals surface area contributed by atoms with Crippen molar-refractivity contribution in [1.29, 1.82) is 0 Å². The normalized spacial score (nSPS) is 19.2. The largest absolute Gasteiger partial charge is 0.341 e. The number of carbonyl (C=O) groups excluding carboxylic acids is 1. The van der Waals surface area contributed by atoms with Gasteiger partial charge in [0, 0.05) is 32.0 Å². The highest BCUT2D eigenvalue weighted by atomic mass is 32.3. The van der Waals surface area contributed by atoms with Crippen LogP contribution < -0.4 is 0 Å². The SMILES string of the molecule is O=C1CC(CS(=O)(=O)F)CN1CCn1cnc2ccccc21. The molecule has 22 heavy (non-hydrogen) atoms. The molecule has 2 aromatic rings. The zero-order valence-corrected chi connectivity index (χ0v) is 12.7. The Labute approximate surface area is 127 Å². The summed E-state index contributed by atoms with van der Waals surface area (Å²) in [6, 6.07) is 7.69. The van der Waals surface area contributed by atoms with Crippen LogP contribution in [-0.4, -0.2) is 47.6 Å². The van der Waals surface area contributed by atoms with E-state index in [0.717, 1.165) is 11.0 Å². The Morgan fingerprint density at radius 2 is 2.05 bits per heavy atom. The van der Waals surface area contributed by atoms with Gasteiger partial charge in [0.05, 0.1) is 23.1 Å². The predicted octanol–water partition coefficient (Wildman–Crippen LogP) is 1.18. The molecular formula is C14H16FN3O3S. The van der Waals surface area contributed by atoms with Gasteiger partial charge in [-0.3, -0.25) is 4.79 Å². The lowest BCUT2D eigenvalue weighted by molar-refractivity contribution is -0.127. The number of hydrogen-bond acceptors (Lipinski definition) is 4. The van der Waals surface area contributed by atoms with Gasteiger partial charge in [0.15, 0.2) is 0 Å². The van der Waals surface area contributed by atoms with Crippen LogP contribution in [0.25, 0.3) is 11.0 Å². The molecule has 0 aliphatic carbocycles. The lowest BCUT2D eigenvalue weighted by atomic mass is 10.1. The van der Waals surface area contributed by atoms with Crippen molar-refractivity contribution < 1.29 is 17.1 Å². The maximum atomic E-state index is 12.7. The van der Waals surface area contributed by atoms with E-state index in [1.54, 1.807) is 11.2 Å². The van der Waals surface area contributed by atoms with Crippen molar-refractivity contribution in [3.63, 3.8) is 0 Å². The molecule has 1 aromatic carbocycles. The third kappa shape index (κ3) is 3.27. The van der Waals surface area contributed by atoms with Crippen LogP contribution in [0, 0.1) is 5.92 Å². The number of rotatable bonds is 5. The zero-order chi connectivity index (χ0) is 15.7. The van der Waals surface area contributed by atoms with Crippen LogP contribution in [0.4, 0.5) is 3.89 Å². The molecule has 1 aliphatic heterocycles. The fourth-order valence-corrected chi connectivity index (χ4v) is 3.67. The highest BCUT2D eigenvalue weighted by Gasteiger charge is 2.32. The lowest BCUT2D eigenvalue weighted by Crippen LogP contribution is -2.29. The number of halogens is 1. The number of benzene rings is 1. The van der Waals surface area contributed by atoms with E-state index < -0.39 is 21.9 Å². The topological polar surface area (TPSA) is 72.3 Å². The first-order chi connectivity index (χ1) is 10.4. The number of nitrogens with zero attached hydrogens (tertiary/aromatic N) is 3. The third-order valence-corrected chi connectivity index (χ3v) is 4.74. The molecule has 0 spiro atoms. The summed E-state index contributed by atoms with van der Waals surface area (Å²) in [5.74, 6) is -1.16. The molecular weight excluding hydrogens is 309 g/mol. The van der Waals surface area contributed by atoms with Gasteiger partial charge in [0.1, 0.15) is 0 Å². The number of aromatic nitrogens is 2. The van der Waals surface area contributed by atoms with Gasteiger partial charge in [0.2, 0.25) is 5.91 Å². The summed E-state index contributed by atoms with van der Waals surface area (Å²) in [4.78, 5) is 17.7. The number of likely N-dealkylation sites (tertiary alicyclic amines) is 1. The van der Waals surface area contributed by atoms with Crippen LogP contribution in [0.15, 0.2) is 30.6 Å². The fourth-order valence-electron chi connectivity index (χ4n) is 2.88. The van der Waals surface area contributed by atoms with E-state index in [0.29, 0.717) is 13.1 Å². The minimum atomic E-state index is -4.54. The monoisotopic (exact) mass is 325 g/mol. The highest BCUT2D eigenvalue weighted by Crippen LogP contribution is 2.20. The van der Waals surface area contributed by atoms with E-state index >= 15 is 0 Å². The molecule has 0 saturated carbocycles. The predicted molar refractivity (Wildman–Crippen MR) is 79.3 cm³/mol. The van der Waals surface area contributed by atoms with Crippen molar-refractivity contribution >= 4 is 27.2 Å². The standard InChI is InChI=1S/C14H16FN3O3S/c15-22(20,21)9-11-7-14(19)17(8-11)5-6-18-10-16-12-3-1-2-4-13(12)18/h1-4,10-11H,5-9H2. The number of hydrogen-bond donors (Lipinski definition) is 0. The molecule has 118 valence electrons. The summed E-state index contributed by atoms with van der Waals surface area (Å²) in [5.41, 5.74) is 1.87. The van der Waals surface area contributed by atoms with E-state index in [2.05, 4.69) is 4.98 Å². The van der Waals surface area contributed by atoms with Crippen molar-refractivity contribution in [2.24, 2.45) is 5.92 Å². The third-order valence-electron chi connectivity index (χ3n) is 3.87. The fraction of sp³-hybridized carbons (Fsp3) is 0.429. The number of carbonyl (C=O) groups is 1. The summed E-state index contributed by atoms with van der Waals surface area (Å²) in [5, 5.41) is 0. The maximum absolute atomic E-state index is 12.7. The van der Waals surface area contributed by atoms with Crippen molar-refractivity contribution in [1.82, 2.24) is 14.5 Å². The molecule has 2 heterocycles. The second-order valence-electron chi connectivity index (χ2n) is 5.54. The average molecular weight is 325 g/mol. The molecule has 0 N–H and O–H groups in total. The molecule has 8 heteroatoms. The first-order valence-corrected chi connectivity index (χ1v) is 8.57. The van der Waals surface area contributed by atoms with Gasteiger partial charge in [-0.2, -0.15) is 8.42 Å². The molecule has 1 atom stereocenters. The van der Waals surface area contributed by atoms with Gasteiger partial charge < -0.3 is 9.47 Å². The molecule has 0 radical (unpaired) electrons. The Morgan fingerprint density at radius 1 is 1.27 bits per heavy atom. The number of amides is 1. The van der Waals surface area contributed by atoms with Crippen molar-refractivity contribution in [3.05, 3.63) is 30.6 Å². The summed E-state index contributed by atoms with van der Waals surface area (Å²) in [6.07, 6.45) is 1.81. The smallest absolute Gasteiger partial charge is 0.302 e. The van der Waals surface area contributed by atoms with Crippen LogP contribution in [0.5, 0.6) is 0 Å². The Balaban J connectivity index is 1.63. The highest BCUT2D eigenvalue weighted by molar-refractivity contribution is 7.86. The molecule has 1 amide bonds. The second kappa shape index (κ2) is 5.68. The molecule has 3 rings (SSSR count). The van der Waals surface area contributed by atoms with Crippen LogP contribution in [-0.2, 0) is 21.6 Å². The van der Waals surface area contributed by atoms with Gasteiger partial charge >= 0.3 is 10.2 Å². The summed E-state index contributed by atoms with van der Waals surface area (Å²) in [6.45, 7) is 1.32. The first-order valence-electron chi connectivity index (χ1n) is 7.02. The van der Waals surface area contributed by atoms with E-state index in [4.69, 9.17) is 0 Å². The minimum absolute atomic E-state index is 0.0911. The van der Waals surface area contributed by atoms with E-state index in [1.165, 1.54) is 0 Å². The minimum Gasteiger partial charge on any atom is -0.341 e. The van der Waals surface area contributed by atoms with E-state index in [9.17, 15) is 17.1 Å². The van der Waals surface area contributed by atoms with Crippen LogP contribution in [0.3, 0.4) is 0 Å². The Hall–Kier alpha value is -1.96. The van der Waals surface area contributed by atoms with Crippen LogP contribution in [0.1, 0.15) is 6.42 Å². The van der Waals surface area contributed by atoms with Crippen molar-refractivity contribution in [3.8, 4) is 0 Å². The van der Waals surface area contributed by atoms with Gasteiger partial charge in [-0.1, -0.05) is 12.1 Å². The lowest BCUT2D eigenvalue weighted by Gasteiger charge is -2.16. The number of imidazole rings is 1. The summed E-state index contributed by atoms with van der Waals surface area (Å²) >= 11 is 0. The van der Waals surface area contributed by atoms with Crippen LogP contribution in [0.2, 0.25) is 0 Å². The Bertz CT molecular complexity index is 803. The Kier molecular flexibility index (Phi) is 3.86. The maximum Gasteiger partial charge on any atom is 0.302 e. The molecule has 1 saturated heterocycles. The van der Waals surface area contributed by atoms with Crippen molar-refractivity contribution in [2.45, 2.75) is 13.0 Å². The molecule has 0 bridgehead atoms. The quantitative estimate of drug-likeness (QED) is 0.774. The first kappa shape index (κ1) is 15.0. The van der Waals surface area contributed by atoms with Gasteiger partial charge in [-0.25, -0.2) is 4.98 Å². The van der Waals surface area contributed by atoms with E-state index in [-0.39, 0.29) is 18.9 Å². The second-order valence-corrected chi connectivity index (χ2v) is 6.95. The van der Waals surface area contributed by atoms with Gasteiger partial charge in [-0.05, 0) is 12.1 Å². The summed E-state index contributed by atoms with van der Waals surface area (Å²) < 4.78 is 36.0. The van der Waals surface area contributed by atoms with Crippen LogP contribution >= 0.6 is 0 Å². The molecule has 1 aliphatic rings. The van der Waals surface area contributed by atoms with Gasteiger partial charge in [0.25, 0.3) is 0 Å². The number of fused-ring (bicyclic) bond motifs is 1. The zero-order valence-electron chi connectivity index (χ0n) is 11.9. The van der Waals surface area contributed by atoms with Crippen molar-refractivity contribution in [2.75, 3.05) is 18.8 Å². The molecule has 1 fully saturated rings. The summed E-state index contributed by atoms with van der Waals surface area (Å²) in [7, 11) is -4.54. The number of para-hydroxylation sites is 2. The van der Waals surface area contributed by atoms with E-state index in [1.807, 2.05) is 28.8 Å². The molecule has 1 unspecified atom stereocenters. The molecule has 6 nitrogen and oxygen atoms in total. The Morgan fingerprint density at radius 3 is 2.82 bits per heavy atom. The van der Waals surface area contributed by atoms with Gasteiger partial charge in [-0.15, -0.1) is 3.89 Å². The molecule has 1 aromatic heterocycles.